The van der Waals surface area contributed by atoms with E-state index in [-0.39, 0.29) is 25.9 Å². The van der Waals surface area contributed by atoms with Gasteiger partial charge in [0.15, 0.2) is 24.6 Å². The fourth-order valence-corrected chi connectivity index (χ4v) is 8.23. The average molecular weight is 951 g/mol. The van der Waals surface area contributed by atoms with Crippen LogP contribution in [0.5, 0.6) is 0 Å². The smallest absolute Gasteiger partial charge is 0.335 e. The van der Waals surface area contributed by atoms with Crippen LogP contribution in [0.25, 0.3) is 0 Å². The maximum atomic E-state index is 13.0. The molecule has 1 rings (SSSR count). The molecule has 1 fully saturated rings. The molecule has 390 valence electrons. The predicted octanol–water partition coefficient (Wildman–Crippen LogP) is 13.1. The van der Waals surface area contributed by atoms with Crippen LogP contribution in [-0.2, 0) is 42.9 Å². The molecule has 0 saturated carbocycles. The van der Waals surface area contributed by atoms with Crippen molar-refractivity contribution in [2.75, 3.05) is 13.2 Å². The number of rotatable bonds is 46. The van der Waals surface area contributed by atoms with E-state index in [1.807, 2.05) is 0 Å². The van der Waals surface area contributed by atoms with Crippen molar-refractivity contribution in [2.24, 2.45) is 0 Å². The minimum absolute atomic E-state index is 0.0532. The van der Waals surface area contributed by atoms with E-state index in [4.69, 9.17) is 23.7 Å². The fraction of sp³-hybridized carbons (Fsp3) is 0.855. The number of allylic oxidation sites excluding steroid dienone is 4. The van der Waals surface area contributed by atoms with Crippen LogP contribution in [-0.4, -0.2) is 89.2 Å². The van der Waals surface area contributed by atoms with Gasteiger partial charge in [0.05, 0.1) is 6.61 Å². The van der Waals surface area contributed by atoms with E-state index in [1.54, 1.807) is 0 Å². The molecular formula is C55H98O12. The van der Waals surface area contributed by atoms with Crippen LogP contribution in [0.2, 0.25) is 0 Å². The maximum absolute atomic E-state index is 13.0. The Morgan fingerprint density at radius 1 is 0.478 bits per heavy atom. The molecule has 67 heavy (non-hydrogen) atoms. The van der Waals surface area contributed by atoms with Crippen LogP contribution in [0.1, 0.15) is 252 Å². The summed E-state index contributed by atoms with van der Waals surface area (Å²) in [7, 11) is 0. The van der Waals surface area contributed by atoms with E-state index in [9.17, 15) is 34.5 Å². The monoisotopic (exact) mass is 951 g/mol. The van der Waals surface area contributed by atoms with Gasteiger partial charge in [0, 0.05) is 19.3 Å². The lowest BCUT2D eigenvalue weighted by Crippen LogP contribution is -2.61. The Labute approximate surface area is 407 Å². The first-order valence-electron chi connectivity index (χ1n) is 27.3. The summed E-state index contributed by atoms with van der Waals surface area (Å²) >= 11 is 0. The standard InChI is InChI=1S/C55H98O12/c1-4-7-10-13-16-19-21-22-23-24-25-26-28-30-32-35-38-41-47(56)63-44-46(65-48(57)42-39-36-33-29-18-15-12-9-6-3)45-64-55-53(51(60)50(59)52(67-55)54(61)62)66-49(58)43-40-37-34-31-27-20-17-14-11-8-5-2/h14,17,22-23,46,50-53,55,59-60H,4-13,15-16,18-21,24-45H2,1-3H3,(H,61,62)/b17-14-,23-22-. The Hall–Kier alpha value is -2.80. The number of hydrogen-bond donors (Lipinski definition) is 3. The second-order valence-corrected chi connectivity index (χ2v) is 18.9. The normalized spacial score (nSPS) is 19.0. The van der Waals surface area contributed by atoms with Crippen LogP contribution < -0.4 is 0 Å². The summed E-state index contributed by atoms with van der Waals surface area (Å²) in [4.78, 5) is 50.8. The number of unbranched alkanes of at least 4 members (excludes halogenated alkanes) is 28. The minimum Gasteiger partial charge on any atom is -0.479 e. The lowest BCUT2D eigenvalue weighted by molar-refractivity contribution is -0.301. The van der Waals surface area contributed by atoms with Gasteiger partial charge in [0.2, 0.25) is 0 Å². The summed E-state index contributed by atoms with van der Waals surface area (Å²) in [5.41, 5.74) is 0. The highest BCUT2D eigenvalue weighted by Crippen LogP contribution is 2.26. The van der Waals surface area contributed by atoms with Crippen molar-refractivity contribution in [3.05, 3.63) is 24.3 Å². The number of aliphatic carboxylic acids is 1. The zero-order valence-electron chi connectivity index (χ0n) is 42.7. The molecule has 0 aromatic rings. The van der Waals surface area contributed by atoms with Crippen LogP contribution in [0.4, 0.5) is 0 Å². The van der Waals surface area contributed by atoms with Crippen LogP contribution >= 0.6 is 0 Å². The number of carboxylic acids is 1. The molecule has 12 heteroatoms. The van der Waals surface area contributed by atoms with E-state index in [0.29, 0.717) is 19.3 Å². The third-order valence-electron chi connectivity index (χ3n) is 12.5. The molecule has 1 heterocycles. The lowest BCUT2D eigenvalue weighted by Gasteiger charge is -2.40. The van der Waals surface area contributed by atoms with E-state index in [2.05, 4.69) is 45.1 Å². The van der Waals surface area contributed by atoms with Crippen LogP contribution in [0, 0.1) is 0 Å². The number of carbonyl (C=O) groups excluding carboxylic acids is 3. The summed E-state index contributed by atoms with van der Waals surface area (Å²) in [6, 6.07) is 0. The van der Waals surface area contributed by atoms with Gasteiger partial charge in [0.1, 0.15) is 18.8 Å². The minimum atomic E-state index is -1.90. The van der Waals surface area contributed by atoms with Gasteiger partial charge >= 0.3 is 23.9 Å². The van der Waals surface area contributed by atoms with Gasteiger partial charge in [-0.1, -0.05) is 193 Å². The van der Waals surface area contributed by atoms with Crippen LogP contribution in [0.15, 0.2) is 24.3 Å². The second-order valence-electron chi connectivity index (χ2n) is 18.9. The van der Waals surface area contributed by atoms with Gasteiger partial charge in [-0.2, -0.15) is 0 Å². The Kier molecular flexibility index (Phi) is 41.2. The zero-order valence-corrected chi connectivity index (χ0v) is 42.7. The molecule has 0 aromatic heterocycles. The first kappa shape index (κ1) is 62.2. The van der Waals surface area contributed by atoms with Crippen molar-refractivity contribution < 1.29 is 58.2 Å². The molecule has 0 spiro atoms. The number of hydrogen-bond acceptors (Lipinski definition) is 11. The lowest BCUT2D eigenvalue weighted by atomic mass is 9.98. The molecule has 0 amide bonds. The zero-order chi connectivity index (χ0) is 49.0. The summed E-state index contributed by atoms with van der Waals surface area (Å²) in [6.07, 6.45) is 36.1. The molecule has 6 atom stereocenters. The molecule has 0 aliphatic carbocycles. The maximum Gasteiger partial charge on any atom is 0.335 e. The van der Waals surface area contributed by atoms with Gasteiger partial charge in [0.25, 0.3) is 0 Å². The molecule has 0 bridgehead atoms. The first-order chi connectivity index (χ1) is 32.6. The van der Waals surface area contributed by atoms with E-state index < -0.39 is 67.3 Å². The number of esters is 3. The summed E-state index contributed by atoms with van der Waals surface area (Å²) in [5.74, 6) is -3.12. The SMILES string of the molecule is CCCC/C=C\CCCCCCCC(=O)OC1C(OCC(COC(=O)CCCCCCCCC/C=C\CCCCCCCC)OC(=O)CCCCCCCCCCC)OC(C(=O)O)C(O)C1O. The topological polar surface area (TPSA) is 175 Å². The molecule has 1 aliphatic rings. The number of aliphatic hydroxyl groups excluding tert-OH is 2. The fourth-order valence-electron chi connectivity index (χ4n) is 8.23. The molecular weight excluding hydrogens is 853 g/mol. The van der Waals surface area contributed by atoms with Crippen molar-refractivity contribution in [3.8, 4) is 0 Å². The van der Waals surface area contributed by atoms with E-state index >= 15 is 0 Å². The van der Waals surface area contributed by atoms with Gasteiger partial charge in [-0.25, -0.2) is 4.79 Å². The van der Waals surface area contributed by atoms with Crippen molar-refractivity contribution in [1.29, 1.82) is 0 Å². The van der Waals surface area contributed by atoms with Crippen molar-refractivity contribution in [2.45, 2.75) is 289 Å². The molecule has 6 unspecified atom stereocenters. The first-order valence-corrected chi connectivity index (χ1v) is 27.3. The Morgan fingerprint density at radius 3 is 1.31 bits per heavy atom. The van der Waals surface area contributed by atoms with Gasteiger partial charge < -0.3 is 39.0 Å². The molecule has 3 N–H and O–H groups in total. The molecule has 0 aromatic carbocycles. The van der Waals surface area contributed by atoms with Crippen molar-refractivity contribution in [1.82, 2.24) is 0 Å². The molecule has 12 nitrogen and oxygen atoms in total. The van der Waals surface area contributed by atoms with E-state index in [1.165, 1.54) is 109 Å². The van der Waals surface area contributed by atoms with Crippen molar-refractivity contribution in [3.63, 3.8) is 0 Å². The molecule has 0 radical (unpaired) electrons. The second kappa shape index (κ2) is 44.4. The Bertz CT molecular complexity index is 1270. The molecule has 1 saturated heterocycles. The Morgan fingerprint density at radius 2 is 0.866 bits per heavy atom. The highest BCUT2D eigenvalue weighted by Gasteiger charge is 2.50. The van der Waals surface area contributed by atoms with Crippen molar-refractivity contribution >= 4 is 23.9 Å². The number of aliphatic hydroxyl groups is 2. The summed E-state index contributed by atoms with van der Waals surface area (Å²) in [5, 5.41) is 31.3. The van der Waals surface area contributed by atoms with Gasteiger partial charge in [-0.15, -0.1) is 0 Å². The third-order valence-corrected chi connectivity index (χ3v) is 12.5. The highest BCUT2D eigenvalue weighted by atomic mass is 16.7. The van der Waals surface area contributed by atoms with Crippen LogP contribution in [0.3, 0.4) is 0 Å². The van der Waals surface area contributed by atoms with E-state index in [0.717, 1.165) is 83.5 Å². The largest absolute Gasteiger partial charge is 0.479 e. The number of carbonyl (C=O) groups is 4. The predicted molar refractivity (Wildman–Crippen MR) is 266 cm³/mol. The highest BCUT2D eigenvalue weighted by molar-refractivity contribution is 5.74. The third kappa shape index (κ3) is 35.0. The summed E-state index contributed by atoms with van der Waals surface area (Å²) < 4.78 is 28.3. The quantitative estimate of drug-likeness (QED) is 0.0228. The molecule has 1 aliphatic heterocycles. The average Bonchev–Trinajstić information content (AvgIpc) is 3.31. The van der Waals surface area contributed by atoms with Gasteiger partial charge in [-0.05, 0) is 64.2 Å². The Balaban J connectivity index is 2.67. The van der Waals surface area contributed by atoms with Gasteiger partial charge in [-0.3, -0.25) is 14.4 Å². The number of carboxylic acid groups (broad SMARTS) is 1. The summed E-state index contributed by atoms with van der Waals surface area (Å²) in [6.45, 7) is 5.91. The number of ether oxygens (including phenoxy) is 5.